The molecular formula is C14H16O4. The van der Waals surface area contributed by atoms with E-state index < -0.39 is 11.9 Å². The van der Waals surface area contributed by atoms with Crippen LogP contribution in [0.25, 0.3) is 5.57 Å². The van der Waals surface area contributed by atoms with Crippen LogP contribution in [-0.2, 0) is 19.0 Å². The molecule has 0 bridgehead atoms. The van der Waals surface area contributed by atoms with Gasteiger partial charge in [0.1, 0.15) is 0 Å². The van der Waals surface area contributed by atoms with Crippen molar-refractivity contribution in [3.8, 4) is 0 Å². The highest BCUT2D eigenvalue weighted by Gasteiger charge is 2.48. The number of rotatable bonds is 4. The Bertz CT molecular complexity index is 472. The zero-order valence-electron chi connectivity index (χ0n) is 10.7. The van der Waals surface area contributed by atoms with Crippen LogP contribution in [0.2, 0.25) is 0 Å². The molecule has 1 aromatic carbocycles. The molecule has 0 N–H and O–H groups in total. The number of hydrogen-bond acceptors (Lipinski definition) is 4. The molecule has 18 heavy (non-hydrogen) atoms. The third kappa shape index (κ3) is 1.83. The Labute approximate surface area is 106 Å². The number of esters is 1. The topological polar surface area (TPSA) is 44.8 Å². The molecule has 0 amide bonds. The summed E-state index contributed by atoms with van der Waals surface area (Å²) in [7, 11) is 2.92. The van der Waals surface area contributed by atoms with Crippen molar-refractivity contribution >= 4 is 11.5 Å². The van der Waals surface area contributed by atoms with E-state index in [0.29, 0.717) is 17.6 Å². The Morgan fingerprint density at radius 1 is 1.17 bits per heavy atom. The summed E-state index contributed by atoms with van der Waals surface area (Å²) in [4.78, 5) is 12.0. The summed E-state index contributed by atoms with van der Waals surface area (Å²) in [5.74, 6) is -1.79. The Hall–Kier alpha value is -1.65. The predicted octanol–water partition coefficient (Wildman–Crippen LogP) is 2.35. The van der Waals surface area contributed by atoms with Crippen LogP contribution in [0.15, 0.2) is 35.9 Å². The summed E-state index contributed by atoms with van der Waals surface area (Å²) in [5, 5.41) is 0. The van der Waals surface area contributed by atoms with E-state index in [1.165, 1.54) is 14.2 Å². The van der Waals surface area contributed by atoms with Crippen molar-refractivity contribution in [2.24, 2.45) is 0 Å². The molecule has 1 aromatic rings. The van der Waals surface area contributed by atoms with Crippen LogP contribution < -0.4 is 0 Å². The molecule has 0 saturated carbocycles. The minimum atomic E-state index is -1.38. The maximum absolute atomic E-state index is 12.0. The molecule has 1 aliphatic heterocycles. The molecular weight excluding hydrogens is 232 g/mol. The maximum atomic E-state index is 12.0. The number of ether oxygens (including phenoxy) is 3. The number of hydrogen-bond donors (Lipinski definition) is 0. The lowest BCUT2D eigenvalue weighted by Crippen LogP contribution is -2.36. The normalized spacial score (nSPS) is 18.1. The van der Waals surface area contributed by atoms with Gasteiger partial charge in [-0.15, -0.1) is 0 Å². The van der Waals surface area contributed by atoms with Crippen molar-refractivity contribution < 1.29 is 19.0 Å². The molecule has 2 rings (SSSR count). The molecule has 96 valence electrons. The molecule has 1 aliphatic rings. The van der Waals surface area contributed by atoms with Gasteiger partial charge in [-0.3, -0.25) is 0 Å². The summed E-state index contributed by atoms with van der Waals surface area (Å²) in [6.07, 6.45) is 0.609. The molecule has 0 aromatic heterocycles. The molecule has 0 radical (unpaired) electrons. The lowest BCUT2D eigenvalue weighted by Gasteiger charge is -2.26. The average molecular weight is 248 g/mol. The zero-order valence-corrected chi connectivity index (χ0v) is 10.7. The molecule has 4 nitrogen and oxygen atoms in total. The molecule has 0 atom stereocenters. The molecule has 1 heterocycles. The van der Waals surface area contributed by atoms with Crippen LogP contribution in [0, 0.1) is 0 Å². The van der Waals surface area contributed by atoms with Crippen LogP contribution in [0.5, 0.6) is 0 Å². The Kier molecular flexibility index (Phi) is 3.50. The lowest BCUT2D eigenvalue weighted by molar-refractivity contribution is -0.311. The first kappa shape index (κ1) is 12.8. The van der Waals surface area contributed by atoms with Crippen molar-refractivity contribution in [2.45, 2.75) is 19.3 Å². The first-order chi connectivity index (χ1) is 8.68. The van der Waals surface area contributed by atoms with E-state index in [4.69, 9.17) is 14.2 Å². The highest BCUT2D eigenvalue weighted by Crippen LogP contribution is 2.40. The van der Waals surface area contributed by atoms with Gasteiger partial charge >= 0.3 is 11.9 Å². The maximum Gasteiger partial charge on any atom is 0.355 e. The van der Waals surface area contributed by atoms with Crippen molar-refractivity contribution in [2.75, 3.05) is 14.2 Å². The first-order valence-corrected chi connectivity index (χ1v) is 5.81. The SMILES string of the molecule is CCC1=C(c2ccccc2)C(=O)OC1(OC)OC. The molecule has 4 heteroatoms. The fraction of sp³-hybridized carbons (Fsp3) is 0.357. The van der Waals surface area contributed by atoms with E-state index in [1.54, 1.807) is 0 Å². The van der Waals surface area contributed by atoms with Gasteiger partial charge in [-0.1, -0.05) is 37.3 Å². The van der Waals surface area contributed by atoms with Gasteiger partial charge in [0.25, 0.3) is 0 Å². The smallest absolute Gasteiger partial charge is 0.355 e. The van der Waals surface area contributed by atoms with Crippen molar-refractivity contribution in [1.82, 2.24) is 0 Å². The van der Waals surface area contributed by atoms with Gasteiger partial charge in [0.15, 0.2) is 0 Å². The van der Waals surface area contributed by atoms with E-state index in [-0.39, 0.29) is 0 Å². The molecule has 0 fully saturated rings. The van der Waals surface area contributed by atoms with E-state index in [0.717, 1.165) is 5.56 Å². The predicted molar refractivity (Wildman–Crippen MR) is 66.5 cm³/mol. The molecule has 0 spiro atoms. The lowest BCUT2D eigenvalue weighted by atomic mass is 9.99. The monoisotopic (exact) mass is 248 g/mol. The second kappa shape index (κ2) is 4.92. The zero-order chi connectivity index (χ0) is 13.2. The minimum Gasteiger partial charge on any atom is -0.400 e. The summed E-state index contributed by atoms with van der Waals surface area (Å²) in [5.41, 5.74) is 2.06. The van der Waals surface area contributed by atoms with Crippen LogP contribution >= 0.6 is 0 Å². The largest absolute Gasteiger partial charge is 0.400 e. The van der Waals surface area contributed by atoms with E-state index in [1.807, 2.05) is 37.3 Å². The van der Waals surface area contributed by atoms with Crippen molar-refractivity contribution in [3.05, 3.63) is 41.5 Å². The van der Waals surface area contributed by atoms with Gasteiger partial charge in [0, 0.05) is 19.8 Å². The van der Waals surface area contributed by atoms with Gasteiger partial charge in [0.05, 0.1) is 5.57 Å². The summed E-state index contributed by atoms with van der Waals surface area (Å²) in [6, 6.07) is 9.39. The highest BCUT2D eigenvalue weighted by molar-refractivity contribution is 6.19. The Morgan fingerprint density at radius 3 is 2.28 bits per heavy atom. The number of cyclic esters (lactones) is 1. The quantitative estimate of drug-likeness (QED) is 0.606. The van der Waals surface area contributed by atoms with Crippen molar-refractivity contribution in [1.29, 1.82) is 0 Å². The standard InChI is InChI=1S/C14H16O4/c1-4-11-12(10-8-6-5-7-9-10)13(15)18-14(11,16-2)17-3/h5-9H,4H2,1-3H3. The molecule has 0 saturated heterocycles. The van der Waals surface area contributed by atoms with Gasteiger partial charge in [-0.2, -0.15) is 0 Å². The molecule has 0 aliphatic carbocycles. The van der Waals surface area contributed by atoms with Crippen LogP contribution in [0.1, 0.15) is 18.9 Å². The summed E-state index contributed by atoms with van der Waals surface area (Å²) >= 11 is 0. The van der Waals surface area contributed by atoms with E-state index in [9.17, 15) is 4.79 Å². The van der Waals surface area contributed by atoms with Crippen molar-refractivity contribution in [3.63, 3.8) is 0 Å². The fourth-order valence-corrected chi connectivity index (χ4v) is 2.21. The Morgan fingerprint density at radius 2 is 1.78 bits per heavy atom. The van der Waals surface area contributed by atoms with Gasteiger partial charge < -0.3 is 14.2 Å². The van der Waals surface area contributed by atoms with E-state index in [2.05, 4.69) is 0 Å². The highest BCUT2D eigenvalue weighted by atomic mass is 16.9. The third-order valence-electron chi connectivity index (χ3n) is 3.06. The second-order valence-corrected chi connectivity index (χ2v) is 3.93. The van der Waals surface area contributed by atoms with Gasteiger partial charge in [-0.05, 0) is 12.0 Å². The fourth-order valence-electron chi connectivity index (χ4n) is 2.21. The van der Waals surface area contributed by atoms with Crippen LogP contribution in [0.3, 0.4) is 0 Å². The summed E-state index contributed by atoms with van der Waals surface area (Å²) in [6.45, 7) is 1.94. The summed E-state index contributed by atoms with van der Waals surface area (Å²) < 4.78 is 15.8. The minimum absolute atomic E-state index is 0.415. The van der Waals surface area contributed by atoms with Crippen LogP contribution in [0.4, 0.5) is 0 Å². The number of carbonyl (C=O) groups is 1. The molecule has 0 unspecified atom stereocenters. The second-order valence-electron chi connectivity index (χ2n) is 3.93. The van der Waals surface area contributed by atoms with Gasteiger partial charge in [0.2, 0.25) is 0 Å². The van der Waals surface area contributed by atoms with E-state index >= 15 is 0 Å². The average Bonchev–Trinajstić information content (AvgIpc) is 2.72. The Balaban J connectivity index is 2.58. The van der Waals surface area contributed by atoms with Crippen LogP contribution in [-0.4, -0.2) is 26.2 Å². The number of benzene rings is 1. The number of carbonyl (C=O) groups excluding carboxylic acids is 1. The number of methoxy groups -OCH3 is 2. The third-order valence-corrected chi connectivity index (χ3v) is 3.06. The van der Waals surface area contributed by atoms with Gasteiger partial charge in [-0.25, -0.2) is 4.79 Å². The first-order valence-electron chi connectivity index (χ1n) is 5.81.